The molecule has 108 valence electrons. The molecule has 4 heteroatoms. The van der Waals surface area contributed by atoms with Crippen molar-refractivity contribution in [1.29, 1.82) is 0 Å². The van der Waals surface area contributed by atoms with Gasteiger partial charge in [-0.1, -0.05) is 29.8 Å². The molecule has 1 aliphatic carbocycles. The van der Waals surface area contributed by atoms with Gasteiger partial charge in [0, 0.05) is 22.1 Å². The van der Waals surface area contributed by atoms with Crippen LogP contribution in [0.15, 0.2) is 47.4 Å². The van der Waals surface area contributed by atoms with Crippen LogP contribution in [0.5, 0.6) is 0 Å². The highest BCUT2D eigenvalue weighted by Crippen LogP contribution is 2.16. The quantitative estimate of drug-likeness (QED) is 0.692. The summed E-state index contributed by atoms with van der Waals surface area (Å²) in [5.41, 5.74) is 1.63. The number of hydrogen-bond acceptors (Lipinski definition) is 2. The fourth-order valence-electron chi connectivity index (χ4n) is 2.97. The summed E-state index contributed by atoms with van der Waals surface area (Å²) in [6.45, 7) is 0. The van der Waals surface area contributed by atoms with Gasteiger partial charge in [0.05, 0.1) is 10.7 Å². The van der Waals surface area contributed by atoms with E-state index < -0.39 is 0 Å². The van der Waals surface area contributed by atoms with Crippen molar-refractivity contribution in [3.05, 3.63) is 68.4 Å². The van der Waals surface area contributed by atoms with E-state index in [1.165, 1.54) is 0 Å². The van der Waals surface area contributed by atoms with Gasteiger partial charge in [0.2, 0.25) is 0 Å². The molecule has 0 amide bonds. The molecule has 3 aromatic rings. The lowest BCUT2D eigenvalue weighted by Crippen LogP contribution is -2.46. The molecule has 0 bridgehead atoms. The third-order valence-corrected chi connectivity index (χ3v) is 4.16. The summed E-state index contributed by atoms with van der Waals surface area (Å²) < 4.78 is 2.02. The molecule has 0 saturated carbocycles. The number of hydrogen-bond donors (Lipinski definition) is 0. The predicted molar refractivity (Wildman–Crippen MR) is 89.8 cm³/mol. The zero-order valence-electron chi connectivity index (χ0n) is 11.8. The molecule has 2 aromatic heterocycles. The fourth-order valence-corrected chi connectivity index (χ4v) is 3.16. The average molecular weight is 309 g/mol. The predicted octanol–water partition coefficient (Wildman–Crippen LogP) is 2.39. The van der Waals surface area contributed by atoms with E-state index >= 15 is 0 Å². The Kier molecular flexibility index (Phi) is 3.09. The highest BCUT2D eigenvalue weighted by atomic mass is 35.5. The summed E-state index contributed by atoms with van der Waals surface area (Å²) in [5, 5.41) is 2.96. The summed E-state index contributed by atoms with van der Waals surface area (Å²) >= 11 is 6.15. The second-order valence-electron chi connectivity index (χ2n) is 5.30. The van der Waals surface area contributed by atoms with Gasteiger partial charge < -0.3 is 0 Å². The van der Waals surface area contributed by atoms with Crippen LogP contribution < -0.4 is 16.0 Å². The minimum atomic E-state index is 0.0485. The molecular formula is C18H13ClN2O. The first-order chi connectivity index (χ1) is 10.8. The fraction of sp³-hybridized carbons (Fsp3) is 0.111. The first-order valence-electron chi connectivity index (χ1n) is 7.22. The lowest BCUT2D eigenvalue weighted by molar-refractivity contribution is 0.970. The van der Waals surface area contributed by atoms with Gasteiger partial charge in [-0.2, -0.15) is 0 Å². The Balaban J connectivity index is 2.28. The Morgan fingerprint density at radius 3 is 2.82 bits per heavy atom. The van der Waals surface area contributed by atoms with Crippen LogP contribution in [0.3, 0.4) is 0 Å². The minimum Gasteiger partial charge on any atom is -0.294 e. The molecule has 0 spiro atoms. The molecule has 0 aliphatic heterocycles. The van der Waals surface area contributed by atoms with Gasteiger partial charge in [-0.05, 0) is 43.2 Å². The Labute approximate surface area is 131 Å². The first-order valence-corrected chi connectivity index (χ1v) is 7.59. The third-order valence-electron chi connectivity index (χ3n) is 3.92. The second-order valence-corrected chi connectivity index (χ2v) is 5.74. The number of benzene rings is 1. The van der Waals surface area contributed by atoms with E-state index in [-0.39, 0.29) is 5.43 Å². The molecule has 0 atom stereocenters. The third kappa shape index (κ3) is 1.97. The number of fused-ring (bicyclic) bond motifs is 2. The zero-order valence-corrected chi connectivity index (χ0v) is 12.5. The summed E-state index contributed by atoms with van der Waals surface area (Å²) in [5.74, 6) is 0. The van der Waals surface area contributed by atoms with Gasteiger partial charge in [0.1, 0.15) is 5.65 Å². The average Bonchev–Trinajstić information content (AvgIpc) is 2.55. The summed E-state index contributed by atoms with van der Waals surface area (Å²) in [6.07, 6.45) is 7.65. The standard InChI is InChI=1S/C18H13ClN2O/c19-12-5-3-6-13(11-12)21-16-9-2-1-7-14(16)17(22)15-8-4-10-20-18(15)21/h3-11H,1-2H2. The van der Waals surface area contributed by atoms with Crippen molar-refractivity contribution >= 4 is 34.8 Å². The number of halogens is 1. The molecule has 1 aromatic carbocycles. The molecule has 3 nitrogen and oxygen atoms in total. The number of aromatic nitrogens is 2. The van der Waals surface area contributed by atoms with Crippen molar-refractivity contribution in [3.63, 3.8) is 0 Å². The number of nitrogens with zero attached hydrogens (tertiary/aromatic N) is 2. The molecule has 0 saturated heterocycles. The van der Waals surface area contributed by atoms with Crippen molar-refractivity contribution in [3.8, 4) is 5.69 Å². The summed E-state index contributed by atoms with van der Waals surface area (Å²) in [4.78, 5) is 17.1. The second kappa shape index (κ2) is 5.11. The molecule has 0 N–H and O–H groups in total. The van der Waals surface area contributed by atoms with Crippen molar-refractivity contribution in [2.24, 2.45) is 0 Å². The Morgan fingerprint density at radius 1 is 1.09 bits per heavy atom. The van der Waals surface area contributed by atoms with Gasteiger partial charge in [0.25, 0.3) is 0 Å². The van der Waals surface area contributed by atoms with E-state index in [1.807, 2.05) is 41.0 Å². The van der Waals surface area contributed by atoms with Crippen LogP contribution >= 0.6 is 11.6 Å². The van der Waals surface area contributed by atoms with Crippen LogP contribution in [0.25, 0.3) is 28.9 Å². The maximum absolute atomic E-state index is 12.7. The molecule has 22 heavy (non-hydrogen) atoms. The Hall–Kier alpha value is -2.39. The van der Waals surface area contributed by atoms with Crippen molar-refractivity contribution in [1.82, 2.24) is 9.55 Å². The normalized spacial score (nSPS) is 13.3. The molecule has 0 radical (unpaired) electrons. The highest BCUT2D eigenvalue weighted by Gasteiger charge is 2.12. The maximum Gasteiger partial charge on any atom is 0.198 e. The smallest absolute Gasteiger partial charge is 0.198 e. The maximum atomic E-state index is 12.7. The van der Waals surface area contributed by atoms with E-state index in [2.05, 4.69) is 11.1 Å². The van der Waals surface area contributed by atoms with Crippen LogP contribution in [0.1, 0.15) is 12.8 Å². The first kappa shape index (κ1) is 13.3. The number of pyridine rings is 2. The SMILES string of the molecule is O=c1c2c(n(-c3cccc(Cl)c3)c3ncccc13)=CCCC=2. The molecule has 4 rings (SSSR count). The van der Waals surface area contributed by atoms with Crippen LogP contribution in [-0.2, 0) is 0 Å². The zero-order chi connectivity index (χ0) is 15.1. The van der Waals surface area contributed by atoms with Crippen LogP contribution in [0.2, 0.25) is 5.02 Å². The lowest BCUT2D eigenvalue weighted by Gasteiger charge is -2.14. The topological polar surface area (TPSA) is 34.9 Å². The van der Waals surface area contributed by atoms with Crippen molar-refractivity contribution < 1.29 is 0 Å². The largest absolute Gasteiger partial charge is 0.294 e. The van der Waals surface area contributed by atoms with E-state index in [0.29, 0.717) is 16.1 Å². The molecule has 1 aliphatic rings. The minimum absolute atomic E-state index is 0.0485. The van der Waals surface area contributed by atoms with Crippen molar-refractivity contribution in [2.45, 2.75) is 12.8 Å². The Morgan fingerprint density at radius 2 is 1.95 bits per heavy atom. The van der Waals surface area contributed by atoms with Crippen LogP contribution in [0, 0.1) is 0 Å². The van der Waals surface area contributed by atoms with E-state index in [1.54, 1.807) is 12.3 Å². The van der Waals surface area contributed by atoms with Gasteiger partial charge in [-0.25, -0.2) is 4.98 Å². The molecule has 0 unspecified atom stereocenters. The molecule has 2 heterocycles. The van der Waals surface area contributed by atoms with Gasteiger partial charge >= 0.3 is 0 Å². The lowest BCUT2D eigenvalue weighted by atomic mass is 10.1. The van der Waals surface area contributed by atoms with Crippen molar-refractivity contribution in [2.75, 3.05) is 0 Å². The van der Waals surface area contributed by atoms with E-state index in [9.17, 15) is 4.79 Å². The Bertz CT molecular complexity index is 1070. The van der Waals surface area contributed by atoms with Gasteiger partial charge in [0.15, 0.2) is 5.43 Å². The van der Waals surface area contributed by atoms with Gasteiger partial charge in [-0.15, -0.1) is 0 Å². The molecular weight excluding hydrogens is 296 g/mol. The molecule has 0 fully saturated rings. The van der Waals surface area contributed by atoms with E-state index in [0.717, 1.165) is 29.1 Å². The van der Waals surface area contributed by atoms with Crippen LogP contribution in [-0.4, -0.2) is 9.55 Å². The monoisotopic (exact) mass is 308 g/mol. The van der Waals surface area contributed by atoms with Gasteiger partial charge in [-0.3, -0.25) is 9.36 Å². The summed E-state index contributed by atoms with van der Waals surface area (Å²) in [6, 6.07) is 11.2. The van der Waals surface area contributed by atoms with Crippen LogP contribution in [0.4, 0.5) is 0 Å². The number of rotatable bonds is 1. The highest BCUT2D eigenvalue weighted by molar-refractivity contribution is 6.30. The van der Waals surface area contributed by atoms with E-state index in [4.69, 9.17) is 11.6 Å². The summed E-state index contributed by atoms with van der Waals surface area (Å²) in [7, 11) is 0.